The maximum Gasteiger partial charge on any atom is 0.426 e. The van der Waals surface area contributed by atoms with Gasteiger partial charge in [0.2, 0.25) is 0 Å². The molecular weight excluding hydrogens is 292 g/mol. The predicted molar refractivity (Wildman–Crippen MR) is 77.3 cm³/mol. The Kier molecular flexibility index (Phi) is 9.20. The highest BCUT2D eigenvalue weighted by Gasteiger charge is 2.42. The van der Waals surface area contributed by atoms with Crippen molar-refractivity contribution in [2.75, 3.05) is 13.2 Å². The fraction of sp³-hybridized carbons (Fsp3) is 0.400. The van der Waals surface area contributed by atoms with Gasteiger partial charge in [-0.3, -0.25) is 0 Å². The van der Waals surface area contributed by atoms with Crippen LogP contribution >= 0.6 is 0 Å². The Hall–Kier alpha value is -2.41. The second kappa shape index (κ2) is 10.3. The molecule has 122 valence electrons. The van der Waals surface area contributed by atoms with Gasteiger partial charge in [-0.1, -0.05) is 26.7 Å². The highest BCUT2D eigenvalue weighted by Crippen LogP contribution is 2.22. The summed E-state index contributed by atoms with van der Waals surface area (Å²) < 4.78 is 19.9. The van der Waals surface area contributed by atoms with Crippen molar-refractivity contribution in [1.29, 1.82) is 0 Å². The lowest BCUT2D eigenvalue weighted by Crippen LogP contribution is -2.44. The molecule has 0 unspecified atom stereocenters. The SMILES string of the molecule is C=CC(=O)OC(CCOCCC)(OC(=O)C=C)OC(=O)C=C. The van der Waals surface area contributed by atoms with Crippen molar-refractivity contribution in [2.24, 2.45) is 0 Å². The van der Waals surface area contributed by atoms with E-state index in [1.807, 2.05) is 6.92 Å². The molecule has 0 radical (unpaired) electrons. The van der Waals surface area contributed by atoms with Gasteiger partial charge in [0.05, 0.1) is 13.0 Å². The average molecular weight is 312 g/mol. The molecule has 0 aromatic heterocycles. The number of hydrogen-bond acceptors (Lipinski definition) is 7. The van der Waals surface area contributed by atoms with Gasteiger partial charge in [0.25, 0.3) is 0 Å². The van der Waals surface area contributed by atoms with E-state index in [4.69, 9.17) is 18.9 Å². The van der Waals surface area contributed by atoms with Crippen LogP contribution in [0.5, 0.6) is 0 Å². The molecule has 7 heteroatoms. The largest absolute Gasteiger partial charge is 0.426 e. The first-order valence-corrected chi connectivity index (χ1v) is 6.57. The van der Waals surface area contributed by atoms with Gasteiger partial charge in [-0.2, -0.15) is 0 Å². The fourth-order valence-electron chi connectivity index (χ4n) is 1.24. The zero-order valence-corrected chi connectivity index (χ0v) is 12.5. The first-order valence-electron chi connectivity index (χ1n) is 6.57. The molecule has 0 aliphatic heterocycles. The van der Waals surface area contributed by atoms with Gasteiger partial charge < -0.3 is 18.9 Å². The van der Waals surface area contributed by atoms with Gasteiger partial charge >= 0.3 is 23.9 Å². The third-order valence-electron chi connectivity index (χ3n) is 2.17. The molecule has 0 amide bonds. The van der Waals surface area contributed by atoms with Crippen molar-refractivity contribution < 1.29 is 33.3 Å². The van der Waals surface area contributed by atoms with E-state index in [0.29, 0.717) is 6.61 Å². The van der Waals surface area contributed by atoms with Crippen LogP contribution in [-0.2, 0) is 33.3 Å². The van der Waals surface area contributed by atoms with Gasteiger partial charge in [0.1, 0.15) is 0 Å². The summed E-state index contributed by atoms with van der Waals surface area (Å²) in [5, 5.41) is 0. The van der Waals surface area contributed by atoms with Crippen molar-refractivity contribution in [2.45, 2.75) is 25.7 Å². The van der Waals surface area contributed by atoms with E-state index in [9.17, 15) is 14.4 Å². The van der Waals surface area contributed by atoms with Gasteiger partial charge in [-0.25, -0.2) is 14.4 Å². The Labute approximate surface area is 129 Å². The lowest BCUT2D eigenvalue weighted by atomic mass is 10.3. The maximum atomic E-state index is 11.4. The normalized spacial score (nSPS) is 10.2. The highest BCUT2D eigenvalue weighted by molar-refractivity contribution is 5.85. The molecule has 0 aromatic carbocycles. The summed E-state index contributed by atoms with van der Waals surface area (Å²) in [5.74, 6) is -5.09. The molecule has 0 atom stereocenters. The number of ether oxygens (including phenoxy) is 4. The second-order valence-electron chi connectivity index (χ2n) is 3.92. The number of hydrogen-bond donors (Lipinski definition) is 0. The fourth-order valence-corrected chi connectivity index (χ4v) is 1.24. The van der Waals surface area contributed by atoms with Crippen LogP contribution in [-0.4, -0.2) is 37.1 Å². The molecule has 0 aliphatic rings. The van der Waals surface area contributed by atoms with E-state index < -0.39 is 23.9 Å². The number of carbonyl (C=O) groups excluding carboxylic acids is 3. The molecule has 0 N–H and O–H groups in total. The average Bonchev–Trinajstić information content (AvgIpc) is 2.51. The van der Waals surface area contributed by atoms with Gasteiger partial charge in [0, 0.05) is 24.8 Å². The Morgan fingerprint density at radius 2 is 1.27 bits per heavy atom. The summed E-state index contributed by atoms with van der Waals surface area (Å²) in [4.78, 5) is 34.3. The summed E-state index contributed by atoms with van der Waals surface area (Å²) in [6.45, 7) is 12.0. The lowest BCUT2D eigenvalue weighted by Gasteiger charge is -2.30. The topological polar surface area (TPSA) is 88.1 Å². The molecule has 22 heavy (non-hydrogen) atoms. The molecule has 0 spiro atoms. The number of esters is 3. The summed E-state index contributed by atoms with van der Waals surface area (Å²) in [6.07, 6.45) is 3.06. The van der Waals surface area contributed by atoms with E-state index >= 15 is 0 Å². The standard InChI is InChI=1S/C15H20O7/c1-5-10-19-11-9-15(20-12(16)6-2,21-13(17)7-3)22-14(18)8-4/h6-8H,2-5,9-11H2,1H3. The van der Waals surface area contributed by atoms with E-state index in [0.717, 1.165) is 24.6 Å². The third-order valence-corrected chi connectivity index (χ3v) is 2.17. The van der Waals surface area contributed by atoms with Crippen LogP contribution in [0.3, 0.4) is 0 Å². The zero-order valence-electron chi connectivity index (χ0n) is 12.5. The van der Waals surface area contributed by atoms with E-state index in [1.54, 1.807) is 0 Å². The van der Waals surface area contributed by atoms with E-state index in [1.165, 1.54) is 0 Å². The molecule has 0 rings (SSSR count). The monoisotopic (exact) mass is 312 g/mol. The molecule has 0 aliphatic carbocycles. The molecule has 0 aromatic rings. The van der Waals surface area contributed by atoms with Crippen LogP contribution in [0, 0.1) is 0 Å². The molecule has 0 heterocycles. The first-order chi connectivity index (χ1) is 10.4. The van der Waals surface area contributed by atoms with E-state index in [2.05, 4.69) is 19.7 Å². The van der Waals surface area contributed by atoms with Crippen molar-refractivity contribution in [3.63, 3.8) is 0 Å². The predicted octanol–water partition coefficient (Wildman–Crippen LogP) is 1.64. The van der Waals surface area contributed by atoms with Gasteiger partial charge in [0.15, 0.2) is 0 Å². The van der Waals surface area contributed by atoms with E-state index in [-0.39, 0.29) is 13.0 Å². The zero-order chi connectivity index (χ0) is 17.0. The van der Waals surface area contributed by atoms with Crippen LogP contribution in [0.15, 0.2) is 38.0 Å². The van der Waals surface area contributed by atoms with Crippen LogP contribution in [0.25, 0.3) is 0 Å². The molecule has 0 bridgehead atoms. The first kappa shape index (κ1) is 19.6. The minimum absolute atomic E-state index is 0.0209. The van der Waals surface area contributed by atoms with Gasteiger partial charge in [-0.05, 0) is 6.42 Å². The lowest BCUT2D eigenvalue weighted by molar-refractivity contribution is -0.329. The minimum Gasteiger partial charge on any atom is -0.385 e. The van der Waals surface area contributed by atoms with Crippen molar-refractivity contribution >= 4 is 17.9 Å². The number of rotatable bonds is 11. The van der Waals surface area contributed by atoms with Crippen molar-refractivity contribution in [3.8, 4) is 0 Å². The van der Waals surface area contributed by atoms with Crippen molar-refractivity contribution in [1.82, 2.24) is 0 Å². The van der Waals surface area contributed by atoms with Crippen LogP contribution < -0.4 is 0 Å². The molecule has 0 fully saturated rings. The Bertz CT molecular complexity index is 384. The number of carbonyl (C=O) groups is 3. The molecule has 7 nitrogen and oxygen atoms in total. The molecule has 0 saturated carbocycles. The Morgan fingerprint density at radius 1 is 0.864 bits per heavy atom. The summed E-state index contributed by atoms with van der Waals surface area (Å²) in [5.41, 5.74) is 0. The van der Waals surface area contributed by atoms with Gasteiger partial charge in [-0.15, -0.1) is 0 Å². The third kappa shape index (κ3) is 7.39. The van der Waals surface area contributed by atoms with Crippen LogP contribution in [0.2, 0.25) is 0 Å². The minimum atomic E-state index is -2.27. The highest BCUT2D eigenvalue weighted by atomic mass is 16.9. The maximum absolute atomic E-state index is 11.4. The van der Waals surface area contributed by atoms with Crippen LogP contribution in [0.4, 0.5) is 0 Å². The quantitative estimate of drug-likeness (QED) is 0.248. The van der Waals surface area contributed by atoms with Crippen LogP contribution in [0.1, 0.15) is 19.8 Å². The Morgan fingerprint density at radius 3 is 1.59 bits per heavy atom. The Balaban J connectivity index is 5.25. The molecule has 0 saturated heterocycles. The molecular formula is C15H20O7. The summed E-state index contributed by atoms with van der Waals surface area (Å²) >= 11 is 0. The van der Waals surface area contributed by atoms with Crippen molar-refractivity contribution in [3.05, 3.63) is 38.0 Å². The summed E-state index contributed by atoms with van der Waals surface area (Å²) in [6, 6.07) is 0. The summed E-state index contributed by atoms with van der Waals surface area (Å²) in [7, 11) is 0. The smallest absolute Gasteiger partial charge is 0.385 e. The second-order valence-corrected chi connectivity index (χ2v) is 3.92.